The molecule has 1 aromatic rings. The Bertz CT molecular complexity index is 1230. The maximum Gasteiger partial charge on any atom is 0.573 e. The van der Waals surface area contributed by atoms with E-state index in [9.17, 15) is 36.3 Å². The summed E-state index contributed by atoms with van der Waals surface area (Å²) in [5, 5.41) is 13.3. The molecule has 3 rings (SSSR count). The van der Waals surface area contributed by atoms with Crippen molar-refractivity contribution in [2.75, 3.05) is 6.26 Å². The SMILES string of the molecule is CS(=O)(=O)c1c(C(=O)O)nn(-c2ccc(OC(F)(F)F)cc2)c2cccc(=O)c1-2. The summed E-state index contributed by atoms with van der Waals surface area (Å²) in [6, 6.07) is 7.95. The first-order chi connectivity index (χ1) is 13.4. The van der Waals surface area contributed by atoms with Gasteiger partial charge in [0.25, 0.3) is 0 Å². The van der Waals surface area contributed by atoms with E-state index in [1.807, 2.05) is 0 Å². The number of hydrogen-bond donors (Lipinski definition) is 1. The van der Waals surface area contributed by atoms with Gasteiger partial charge in [0.05, 0.1) is 16.9 Å². The van der Waals surface area contributed by atoms with E-state index in [1.165, 1.54) is 12.1 Å². The molecule has 12 heteroatoms. The summed E-state index contributed by atoms with van der Waals surface area (Å²) in [6.45, 7) is 0. The lowest BCUT2D eigenvalue weighted by Gasteiger charge is -2.19. The van der Waals surface area contributed by atoms with Crippen LogP contribution in [0.15, 0.2) is 52.2 Å². The minimum absolute atomic E-state index is 0.0348. The van der Waals surface area contributed by atoms with E-state index in [0.29, 0.717) is 0 Å². The fourth-order valence-corrected chi connectivity index (χ4v) is 3.78. The maximum absolute atomic E-state index is 12.4. The minimum Gasteiger partial charge on any atom is -0.476 e. The van der Waals surface area contributed by atoms with Crippen LogP contribution >= 0.6 is 0 Å². The second-order valence-corrected chi connectivity index (χ2v) is 7.81. The molecule has 2 aliphatic rings. The van der Waals surface area contributed by atoms with E-state index in [2.05, 4.69) is 9.84 Å². The van der Waals surface area contributed by atoms with Crippen molar-refractivity contribution in [2.24, 2.45) is 0 Å². The van der Waals surface area contributed by atoms with Crippen molar-refractivity contribution >= 4 is 15.8 Å². The summed E-state index contributed by atoms with van der Waals surface area (Å²) in [4.78, 5) is 23.3. The molecule has 0 amide bonds. The van der Waals surface area contributed by atoms with Gasteiger partial charge >= 0.3 is 12.3 Å². The topological polar surface area (TPSA) is 116 Å². The summed E-state index contributed by atoms with van der Waals surface area (Å²) in [5.74, 6) is -2.22. The number of nitrogens with zero attached hydrogens (tertiary/aromatic N) is 2. The van der Waals surface area contributed by atoms with Gasteiger partial charge in [0.15, 0.2) is 21.0 Å². The highest BCUT2D eigenvalue weighted by Crippen LogP contribution is 2.31. The standard InChI is InChI=1S/C17H11F3N2O6S/c1-29(26,27)15-13-11(3-2-4-12(13)23)22(21-14(15)16(24)25)9-5-7-10(8-6-9)28-17(18,19)20/h2-8H,1H3,(H,24,25). The van der Waals surface area contributed by atoms with Crippen molar-refractivity contribution in [3.05, 3.63) is 58.4 Å². The molecule has 0 spiro atoms. The fourth-order valence-electron chi connectivity index (χ4n) is 2.73. The average Bonchev–Trinajstić information content (AvgIpc) is 2.59. The molecule has 0 bridgehead atoms. The zero-order valence-corrected chi connectivity index (χ0v) is 15.3. The number of hydrogen-bond acceptors (Lipinski definition) is 6. The van der Waals surface area contributed by atoms with Crippen LogP contribution in [0.25, 0.3) is 16.9 Å². The first kappa shape index (κ1) is 20.3. The van der Waals surface area contributed by atoms with Crippen LogP contribution in [0.5, 0.6) is 5.75 Å². The van der Waals surface area contributed by atoms with Gasteiger partial charge in [0.2, 0.25) is 0 Å². The molecular formula is C17H11F3N2O6S. The number of benzene rings is 2. The van der Waals surface area contributed by atoms with Gasteiger partial charge < -0.3 is 9.84 Å². The number of sulfone groups is 1. The first-order valence-electron chi connectivity index (χ1n) is 7.74. The number of rotatable bonds is 4. The van der Waals surface area contributed by atoms with E-state index in [4.69, 9.17) is 0 Å². The van der Waals surface area contributed by atoms with Gasteiger partial charge in [0, 0.05) is 6.26 Å². The summed E-state index contributed by atoms with van der Waals surface area (Å²) in [5.41, 5.74) is -1.99. The lowest BCUT2D eigenvalue weighted by atomic mass is 10.1. The normalized spacial score (nSPS) is 12.1. The molecule has 29 heavy (non-hydrogen) atoms. The summed E-state index contributed by atoms with van der Waals surface area (Å²) in [7, 11) is -4.16. The second-order valence-electron chi connectivity index (χ2n) is 5.86. The highest BCUT2D eigenvalue weighted by Gasteiger charge is 2.32. The van der Waals surface area contributed by atoms with Gasteiger partial charge in [0.1, 0.15) is 10.6 Å². The van der Waals surface area contributed by atoms with Crippen molar-refractivity contribution < 1.29 is 36.2 Å². The lowest BCUT2D eigenvalue weighted by Crippen LogP contribution is -2.23. The van der Waals surface area contributed by atoms with Crippen molar-refractivity contribution in [3.8, 4) is 22.7 Å². The molecule has 1 N–H and O–H groups in total. The highest BCUT2D eigenvalue weighted by atomic mass is 32.2. The van der Waals surface area contributed by atoms with Crippen LogP contribution in [0.1, 0.15) is 10.5 Å². The molecule has 0 aromatic heterocycles. The van der Waals surface area contributed by atoms with Crippen LogP contribution in [-0.2, 0) is 9.84 Å². The first-order valence-corrected chi connectivity index (χ1v) is 9.63. The number of aromatic carboxylic acids is 1. The average molecular weight is 428 g/mol. The Kier molecular flexibility index (Phi) is 4.82. The molecule has 1 aliphatic carbocycles. The molecule has 152 valence electrons. The van der Waals surface area contributed by atoms with Crippen LogP contribution < -0.4 is 10.2 Å². The number of halogens is 3. The number of carbonyl (C=O) groups is 1. The lowest BCUT2D eigenvalue weighted by molar-refractivity contribution is -0.274. The molecule has 8 nitrogen and oxygen atoms in total. The molecule has 0 unspecified atom stereocenters. The van der Waals surface area contributed by atoms with E-state index in [0.717, 1.165) is 41.3 Å². The quantitative estimate of drug-likeness (QED) is 0.678. The zero-order valence-electron chi connectivity index (χ0n) is 14.5. The van der Waals surface area contributed by atoms with Gasteiger partial charge in [-0.15, -0.1) is 13.2 Å². The molecule has 1 heterocycles. The van der Waals surface area contributed by atoms with Crippen LogP contribution in [0, 0.1) is 0 Å². The van der Waals surface area contributed by atoms with Crippen molar-refractivity contribution in [1.82, 2.24) is 9.78 Å². The maximum atomic E-state index is 12.4. The van der Waals surface area contributed by atoms with Crippen molar-refractivity contribution in [1.29, 1.82) is 0 Å². The van der Waals surface area contributed by atoms with E-state index in [-0.39, 0.29) is 11.4 Å². The Labute approximate surface area is 161 Å². The van der Waals surface area contributed by atoms with Gasteiger partial charge in [-0.3, -0.25) is 4.79 Å². The second kappa shape index (κ2) is 6.88. The van der Waals surface area contributed by atoms with E-state index >= 15 is 0 Å². The third kappa shape index (κ3) is 4.06. The van der Waals surface area contributed by atoms with Crippen LogP contribution in [0.4, 0.5) is 13.2 Å². The van der Waals surface area contributed by atoms with Crippen LogP contribution in [0.3, 0.4) is 0 Å². The smallest absolute Gasteiger partial charge is 0.476 e. The van der Waals surface area contributed by atoms with Gasteiger partial charge in [-0.25, -0.2) is 17.9 Å². The molecule has 1 aromatic carbocycles. The minimum atomic E-state index is -4.90. The molecule has 0 atom stereocenters. The Morgan fingerprint density at radius 1 is 1.14 bits per heavy atom. The van der Waals surface area contributed by atoms with Crippen molar-refractivity contribution in [2.45, 2.75) is 11.3 Å². The Morgan fingerprint density at radius 2 is 1.76 bits per heavy atom. The number of carboxylic acids is 1. The molecular weight excluding hydrogens is 417 g/mol. The fraction of sp³-hybridized carbons (Fsp3) is 0.118. The van der Waals surface area contributed by atoms with Gasteiger partial charge in [-0.1, -0.05) is 6.07 Å². The molecule has 0 saturated carbocycles. The Hall–Kier alpha value is -3.41. The Balaban J connectivity index is 2.31. The number of fused-ring (bicyclic) bond motifs is 1. The number of aromatic nitrogens is 2. The summed E-state index contributed by atoms with van der Waals surface area (Å²) < 4.78 is 66.0. The highest BCUT2D eigenvalue weighted by molar-refractivity contribution is 7.91. The molecule has 1 aliphatic heterocycles. The molecule has 0 radical (unpaired) electrons. The van der Waals surface area contributed by atoms with Crippen LogP contribution in [-0.4, -0.2) is 41.9 Å². The predicted octanol–water partition coefficient (Wildman–Crippen LogP) is 2.34. The molecule has 0 fully saturated rings. The third-order valence-electron chi connectivity index (χ3n) is 3.76. The number of alkyl halides is 3. The van der Waals surface area contributed by atoms with E-state index < -0.39 is 49.5 Å². The van der Waals surface area contributed by atoms with Gasteiger partial charge in [-0.05, 0) is 36.4 Å². The number of ether oxygens (including phenoxy) is 1. The van der Waals surface area contributed by atoms with Crippen molar-refractivity contribution in [3.63, 3.8) is 0 Å². The van der Waals surface area contributed by atoms with E-state index in [1.54, 1.807) is 0 Å². The Morgan fingerprint density at radius 3 is 2.28 bits per heavy atom. The summed E-state index contributed by atoms with van der Waals surface area (Å²) >= 11 is 0. The zero-order chi connectivity index (χ0) is 21.6. The third-order valence-corrected chi connectivity index (χ3v) is 4.90. The summed E-state index contributed by atoms with van der Waals surface area (Å²) in [6.07, 6.45) is -4.15. The monoisotopic (exact) mass is 428 g/mol. The number of carboxylic acid groups (broad SMARTS) is 1. The van der Waals surface area contributed by atoms with Gasteiger partial charge in [-0.2, -0.15) is 5.10 Å². The van der Waals surface area contributed by atoms with Crippen LogP contribution in [0.2, 0.25) is 0 Å². The molecule has 0 saturated heterocycles. The predicted molar refractivity (Wildman–Crippen MR) is 93.2 cm³/mol. The largest absolute Gasteiger partial charge is 0.573 e.